The first-order valence-electron chi connectivity index (χ1n) is 4.46. The molecular formula is C9H14N2OS. The Bertz CT molecular complexity index is 380. The first-order valence-corrected chi connectivity index (χ1v) is 4.87. The highest BCUT2D eigenvalue weighted by molar-refractivity contribution is 7.71. The van der Waals surface area contributed by atoms with Crippen LogP contribution in [0.15, 0.2) is 17.1 Å². The number of hydrogen-bond acceptors (Lipinski definition) is 2. The fourth-order valence-corrected chi connectivity index (χ4v) is 1.67. The molecule has 1 aromatic heterocycles. The van der Waals surface area contributed by atoms with Crippen molar-refractivity contribution in [2.45, 2.75) is 32.7 Å². The molecule has 1 unspecified atom stereocenters. The summed E-state index contributed by atoms with van der Waals surface area (Å²) in [6, 6.07) is 1.86. The largest absolute Gasteiger partial charge is 0.322 e. The molecule has 3 nitrogen and oxygen atoms in total. The molecule has 4 heteroatoms. The van der Waals surface area contributed by atoms with E-state index >= 15 is 0 Å². The minimum Gasteiger partial charge on any atom is -0.322 e. The van der Waals surface area contributed by atoms with Gasteiger partial charge in [0.2, 0.25) is 0 Å². The summed E-state index contributed by atoms with van der Waals surface area (Å²) in [6.45, 7) is 4.23. The minimum absolute atomic E-state index is 0.134. The number of aromatic nitrogens is 2. The van der Waals surface area contributed by atoms with Crippen molar-refractivity contribution >= 4 is 12.2 Å². The van der Waals surface area contributed by atoms with Gasteiger partial charge >= 0.3 is 0 Å². The van der Waals surface area contributed by atoms with Crippen LogP contribution in [0.3, 0.4) is 0 Å². The van der Waals surface area contributed by atoms with Crippen molar-refractivity contribution in [1.82, 2.24) is 9.55 Å². The fraction of sp³-hybridized carbons (Fsp3) is 0.556. The Morgan fingerprint density at radius 3 is 2.92 bits per heavy atom. The molecule has 0 fully saturated rings. The summed E-state index contributed by atoms with van der Waals surface area (Å²) in [5.41, 5.74) is -0.134. The van der Waals surface area contributed by atoms with E-state index in [1.54, 1.807) is 6.20 Å². The van der Waals surface area contributed by atoms with Gasteiger partial charge in [-0.3, -0.25) is 9.78 Å². The Hall–Kier alpha value is -0.900. The van der Waals surface area contributed by atoms with E-state index in [1.807, 2.05) is 4.57 Å². The average Bonchev–Trinajstić information content (AvgIpc) is 2.04. The molecule has 13 heavy (non-hydrogen) atoms. The van der Waals surface area contributed by atoms with Crippen molar-refractivity contribution in [2.24, 2.45) is 0 Å². The Kier molecular flexibility index (Phi) is 3.42. The van der Waals surface area contributed by atoms with Gasteiger partial charge in [0.25, 0.3) is 5.56 Å². The van der Waals surface area contributed by atoms with Crippen LogP contribution in [0.1, 0.15) is 32.7 Å². The second-order valence-corrected chi connectivity index (χ2v) is 3.54. The maximum atomic E-state index is 10.9. The second-order valence-electron chi connectivity index (χ2n) is 3.16. The molecule has 0 aliphatic rings. The van der Waals surface area contributed by atoms with Crippen LogP contribution in [0, 0.1) is 4.77 Å². The third-order valence-electron chi connectivity index (χ3n) is 2.03. The fourth-order valence-electron chi connectivity index (χ4n) is 1.33. The van der Waals surface area contributed by atoms with Crippen molar-refractivity contribution in [3.63, 3.8) is 0 Å². The zero-order valence-corrected chi connectivity index (χ0v) is 8.73. The molecule has 1 atom stereocenters. The molecule has 0 spiro atoms. The van der Waals surface area contributed by atoms with E-state index in [2.05, 4.69) is 18.8 Å². The topological polar surface area (TPSA) is 37.8 Å². The van der Waals surface area contributed by atoms with Crippen molar-refractivity contribution in [1.29, 1.82) is 0 Å². The quantitative estimate of drug-likeness (QED) is 0.756. The van der Waals surface area contributed by atoms with E-state index in [0.29, 0.717) is 10.8 Å². The zero-order chi connectivity index (χ0) is 9.84. The summed E-state index contributed by atoms with van der Waals surface area (Å²) in [6.07, 6.45) is 3.93. The predicted octanol–water partition coefficient (Wildman–Crippen LogP) is 2.27. The average molecular weight is 198 g/mol. The van der Waals surface area contributed by atoms with Crippen molar-refractivity contribution in [3.05, 3.63) is 27.4 Å². The highest BCUT2D eigenvalue weighted by atomic mass is 32.1. The molecule has 72 valence electrons. The minimum atomic E-state index is -0.134. The van der Waals surface area contributed by atoms with Gasteiger partial charge in [-0.1, -0.05) is 13.3 Å². The van der Waals surface area contributed by atoms with E-state index in [0.717, 1.165) is 12.8 Å². The molecule has 1 rings (SSSR count). The first kappa shape index (κ1) is 10.2. The van der Waals surface area contributed by atoms with E-state index in [4.69, 9.17) is 12.2 Å². The molecule has 0 aliphatic heterocycles. The monoisotopic (exact) mass is 198 g/mol. The summed E-state index contributed by atoms with van der Waals surface area (Å²) in [5.74, 6) is 0. The maximum absolute atomic E-state index is 10.9. The van der Waals surface area contributed by atoms with Crippen LogP contribution in [0.5, 0.6) is 0 Å². The van der Waals surface area contributed by atoms with Gasteiger partial charge in [-0.25, -0.2) is 0 Å². The number of nitrogens with one attached hydrogen (secondary N) is 1. The lowest BCUT2D eigenvalue weighted by Crippen LogP contribution is -2.14. The standard InChI is InChI=1S/C9H14N2OS/c1-3-4-7(2)11-6-5-8(12)10-9(11)13/h5-7H,3-4H2,1-2H3,(H,10,12,13). The number of rotatable bonds is 3. The molecule has 1 aromatic rings. The lowest BCUT2D eigenvalue weighted by atomic mass is 10.2. The van der Waals surface area contributed by atoms with Crippen LogP contribution >= 0.6 is 12.2 Å². The van der Waals surface area contributed by atoms with Gasteiger partial charge in [0.1, 0.15) is 0 Å². The van der Waals surface area contributed by atoms with Crippen LogP contribution < -0.4 is 5.56 Å². The van der Waals surface area contributed by atoms with Gasteiger partial charge in [-0.2, -0.15) is 0 Å². The van der Waals surface area contributed by atoms with E-state index in [-0.39, 0.29) is 5.56 Å². The summed E-state index contributed by atoms with van der Waals surface area (Å²) in [5, 5.41) is 0. The summed E-state index contributed by atoms with van der Waals surface area (Å²) in [7, 11) is 0. The molecule has 0 bridgehead atoms. The molecule has 0 saturated carbocycles. The van der Waals surface area contributed by atoms with Crippen LogP contribution in [0.4, 0.5) is 0 Å². The lowest BCUT2D eigenvalue weighted by Gasteiger charge is -2.13. The Morgan fingerprint density at radius 2 is 2.38 bits per heavy atom. The highest BCUT2D eigenvalue weighted by Gasteiger charge is 2.02. The van der Waals surface area contributed by atoms with Gasteiger partial charge < -0.3 is 4.57 Å². The number of H-pyrrole nitrogens is 1. The predicted molar refractivity (Wildman–Crippen MR) is 55.5 cm³/mol. The Labute approximate surface area is 82.4 Å². The molecule has 0 saturated heterocycles. The molecule has 1 N–H and O–H groups in total. The lowest BCUT2D eigenvalue weighted by molar-refractivity contribution is 0.485. The number of aromatic amines is 1. The van der Waals surface area contributed by atoms with Crippen molar-refractivity contribution < 1.29 is 0 Å². The second kappa shape index (κ2) is 4.37. The smallest absolute Gasteiger partial charge is 0.251 e. The van der Waals surface area contributed by atoms with Crippen molar-refractivity contribution in [2.75, 3.05) is 0 Å². The zero-order valence-electron chi connectivity index (χ0n) is 7.91. The van der Waals surface area contributed by atoms with Gasteiger partial charge in [-0.05, 0) is 25.6 Å². The first-order chi connectivity index (χ1) is 6.15. The van der Waals surface area contributed by atoms with Gasteiger partial charge in [-0.15, -0.1) is 0 Å². The van der Waals surface area contributed by atoms with Crippen LogP contribution in [0.2, 0.25) is 0 Å². The summed E-state index contributed by atoms with van der Waals surface area (Å²) < 4.78 is 2.42. The Morgan fingerprint density at radius 1 is 1.69 bits per heavy atom. The van der Waals surface area contributed by atoms with Gasteiger partial charge in [0.15, 0.2) is 4.77 Å². The molecule has 1 heterocycles. The summed E-state index contributed by atoms with van der Waals surface area (Å²) >= 11 is 5.04. The van der Waals surface area contributed by atoms with Crippen LogP contribution in [-0.4, -0.2) is 9.55 Å². The summed E-state index contributed by atoms with van der Waals surface area (Å²) in [4.78, 5) is 13.5. The molecular weight excluding hydrogens is 184 g/mol. The number of hydrogen-bond donors (Lipinski definition) is 1. The third-order valence-corrected chi connectivity index (χ3v) is 2.35. The highest BCUT2D eigenvalue weighted by Crippen LogP contribution is 2.11. The van der Waals surface area contributed by atoms with E-state index < -0.39 is 0 Å². The molecule has 0 aromatic carbocycles. The van der Waals surface area contributed by atoms with Gasteiger partial charge in [0.05, 0.1) is 0 Å². The van der Waals surface area contributed by atoms with Crippen molar-refractivity contribution in [3.8, 4) is 0 Å². The SMILES string of the molecule is CCCC(C)n1ccc(=O)[nH]c1=S. The molecule has 0 aliphatic carbocycles. The van der Waals surface area contributed by atoms with Gasteiger partial charge in [0, 0.05) is 18.3 Å². The van der Waals surface area contributed by atoms with Crippen LogP contribution in [0.25, 0.3) is 0 Å². The molecule has 0 radical (unpaired) electrons. The van der Waals surface area contributed by atoms with E-state index in [1.165, 1.54) is 6.07 Å². The maximum Gasteiger partial charge on any atom is 0.251 e. The normalized spacial score (nSPS) is 12.8. The van der Waals surface area contributed by atoms with Crippen LogP contribution in [-0.2, 0) is 0 Å². The third kappa shape index (κ3) is 2.52. The van der Waals surface area contributed by atoms with E-state index in [9.17, 15) is 4.79 Å². The molecule has 0 amide bonds. The number of nitrogens with zero attached hydrogens (tertiary/aromatic N) is 1. The Balaban J connectivity index is 3.02.